The zero-order valence-electron chi connectivity index (χ0n) is 20.5. The second kappa shape index (κ2) is 12.9. The van der Waals surface area contributed by atoms with Gasteiger partial charge < -0.3 is 29.3 Å². The number of rotatable bonds is 8. The van der Waals surface area contributed by atoms with Gasteiger partial charge in [-0.2, -0.15) is 0 Å². The molecular formula is C26H33ClN4O5. The fraction of sp³-hybridized carbons (Fsp3) is 0.462. The highest BCUT2D eigenvalue weighted by atomic mass is 35.5. The van der Waals surface area contributed by atoms with Gasteiger partial charge in [-0.15, -0.1) is 0 Å². The Balaban J connectivity index is 1.41. The van der Waals surface area contributed by atoms with Gasteiger partial charge in [0.25, 0.3) is 5.91 Å². The summed E-state index contributed by atoms with van der Waals surface area (Å²) in [6, 6.07) is 14.0. The van der Waals surface area contributed by atoms with Crippen LogP contribution in [-0.2, 0) is 9.47 Å². The molecule has 0 spiro atoms. The van der Waals surface area contributed by atoms with Crippen molar-refractivity contribution in [2.45, 2.75) is 6.10 Å². The van der Waals surface area contributed by atoms with Crippen LogP contribution >= 0.6 is 11.6 Å². The standard InChI is InChI=1S/C26H33ClN4O5/c1-34-23-7-2-4-20(16-23)25(32)30(9-8-29-10-13-35-14-11-29)18-24-19-31(12-15-36-24)26(33)28-22-6-3-5-21(27)17-22/h2-7,16-17,24H,8-15,18-19H2,1H3,(H,28,33). The molecule has 2 aromatic rings. The predicted octanol–water partition coefficient (Wildman–Crippen LogP) is 3.06. The Kier molecular flexibility index (Phi) is 9.41. The Morgan fingerprint density at radius 3 is 2.69 bits per heavy atom. The number of nitrogens with zero attached hydrogens (tertiary/aromatic N) is 3. The first-order valence-corrected chi connectivity index (χ1v) is 12.6. The maximum Gasteiger partial charge on any atom is 0.322 e. The highest BCUT2D eigenvalue weighted by Crippen LogP contribution is 2.18. The van der Waals surface area contributed by atoms with E-state index in [1.165, 1.54) is 0 Å². The summed E-state index contributed by atoms with van der Waals surface area (Å²) in [7, 11) is 1.58. The highest BCUT2D eigenvalue weighted by Gasteiger charge is 2.28. The third kappa shape index (κ3) is 7.33. The number of hydrogen-bond acceptors (Lipinski definition) is 6. The van der Waals surface area contributed by atoms with Crippen molar-refractivity contribution < 1.29 is 23.8 Å². The van der Waals surface area contributed by atoms with Crippen molar-refractivity contribution in [1.82, 2.24) is 14.7 Å². The molecule has 0 bridgehead atoms. The monoisotopic (exact) mass is 516 g/mol. The van der Waals surface area contributed by atoms with E-state index in [2.05, 4.69) is 10.2 Å². The lowest BCUT2D eigenvalue weighted by Gasteiger charge is -2.36. The topological polar surface area (TPSA) is 83.6 Å². The predicted molar refractivity (Wildman–Crippen MR) is 138 cm³/mol. The number of hydrogen-bond donors (Lipinski definition) is 1. The summed E-state index contributed by atoms with van der Waals surface area (Å²) in [5.41, 5.74) is 1.19. The molecule has 0 aromatic heterocycles. The molecule has 4 rings (SSSR count). The summed E-state index contributed by atoms with van der Waals surface area (Å²) < 4.78 is 16.7. The Labute approximate surface area is 216 Å². The Morgan fingerprint density at radius 1 is 1.11 bits per heavy atom. The third-order valence-electron chi connectivity index (χ3n) is 6.32. The van der Waals surface area contributed by atoms with Crippen LogP contribution < -0.4 is 10.1 Å². The van der Waals surface area contributed by atoms with Gasteiger partial charge in [0.2, 0.25) is 0 Å². The normalized spacial score (nSPS) is 18.5. The molecule has 3 amide bonds. The van der Waals surface area contributed by atoms with Gasteiger partial charge >= 0.3 is 6.03 Å². The van der Waals surface area contributed by atoms with E-state index in [1.807, 2.05) is 17.0 Å². The summed E-state index contributed by atoms with van der Waals surface area (Å²) in [6.45, 7) is 6.01. The summed E-state index contributed by atoms with van der Waals surface area (Å²) in [4.78, 5) is 32.2. The average Bonchev–Trinajstić information content (AvgIpc) is 2.91. The number of urea groups is 1. The molecule has 36 heavy (non-hydrogen) atoms. The van der Waals surface area contributed by atoms with E-state index in [9.17, 15) is 9.59 Å². The number of halogens is 1. The molecule has 2 aliphatic rings. The van der Waals surface area contributed by atoms with Crippen LogP contribution in [0.25, 0.3) is 0 Å². The van der Waals surface area contributed by atoms with E-state index in [0.717, 1.165) is 19.6 Å². The van der Waals surface area contributed by atoms with Gasteiger partial charge in [-0.3, -0.25) is 9.69 Å². The van der Waals surface area contributed by atoms with E-state index in [0.29, 0.717) is 68.0 Å². The molecule has 9 nitrogen and oxygen atoms in total. The minimum absolute atomic E-state index is 0.0914. The lowest BCUT2D eigenvalue weighted by Crippen LogP contribution is -2.52. The van der Waals surface area contributed by atoms with Gasteiger partial charge in [-0.05, 0) is 36.4 Å². The van der Waals surface area contributed by atoms with Crippen molar-refractivity contribution in [2.24, 2.45) is 0 Å². The molecule has 2 aliphatic heterocycles. The number of anilines is 1. The molecule has 0 saturated carbocycles. The summed E-state index contributed by atoms with van der Waals surface area (Å²) in [6.07, 6.45) is -0.303. The second-order valence-electron chi connectivity index (χ2n) is 8.82. The lowest BCUT2D eigenvalue weighted by molar-refractivity contribution is -0.0282. The number of ether oxygens (including phenoxy) is 3. The Hall–Kier alpha value is -2.85. The van der Waals surface area contributed by atoms with Crippen LogP contribution in [0.15, 0.2) is 48.5 Å². The largest absolute Gasteiger partial charge is 0.497 e. The molecule has 1 unspecified atom stereocenters. The number of carbonyl (C=O) groups is 2. The lowest BCUT2D eigenvalue weighted by atomic mass is 10.1. The van der Waals surface area contributed by atoms with Crippen molar-refractivity contribution >= 4 is 29.2 Å². The van der Waals surface area contributed by atoms with Crippen molar-refractivity contribution in [3.63, 3.8) is 0 Å². The summed E-state index contributed by atoms with van der Waals surface area (Å²) in [5, 5.41) is 3.45. The van der Waals surface area contributed by atoms with Gasteiger partial charge in [0.15, 0.2) is 0 Å². The molecule has 10 heteroatoms. The molecule has 0 aliphatic carbocycles. The summed E-state index contributed by atoms with van der Waals surface area (Å²) in [5.74, 6) is 0.540. The number of carbonyl (C=O) groups excluding carboxylic acids is 2. The second-order valence-corrected chi connectivity index (χ2v) is 9.25. The van der Waals surface area contributed by atoms with Gasteiger partial charge in [0, 0.05) is 55.5 Å². The van der Waals surface area contributed by atoms with Crippen LogP contribution in [0.2, 0.25) is 5.02 Å². The first kappa shape index (κ1) is 26.2. The molecule has 1 N–H and O–H groups in total. The van der Waals surface area contributed by atoms with Crippen molar-refractivity contribution in [2.75, 3.05) is 78.1 Å². The molecule has 2 saturated heterocycles. The van der Waals surface area contributed by atoms with Gasteiger partial charge in [-0.1, -0.05) is 23.7 Å². The third-order valence-corrected chi connectivity index (χ3v) is 6.55. The van der Waals surface area contributed by atoms with E-state index in [4.69, 9.17) is 25.8 Å². The van der Waals surface area contributed by atoms with Gasteiger partial charge in [0.05, 0.1) is 39.6 Å². The average molecular weight is 517 g/mol. The smallest absolute Gasteiger partial charge is 0.322 e. The van der Waals surface area contributed by atoms with E-state index >= 15 is 0 Å². The van der Waals surface area contributed by atoms with E-state index < -0.39 is 0 Å². The molecule has 0 radical (unpaired) electrons. The fourth-order valence-electron chi connectivity index (χ4n) is 4.33. The fourth-order valence-corrected chi connectivity index (χ4v) is 4.52. The zero-order valence-corrected chi connectivity index (χ0v) is 21.3. The maximum atomic E-state index is 13.5. The SMILES string of the molecule is COc1cccc(C(=O)N(CCN2CCOCC2)CC2CN(C(=O)Nc3cccc(Cl)c3)CCO2)c1. The van der Waals surface area contributed by atoms with Crippen molar-refractivity contribution in [3.8, 4) is 5.75 Å². The first-order valence-electron chi connectivity index (χ1n) is 12.2. The number of nitrogens with one attached hydrogen (secondary N) is 1. The van der Waals surface area contributed by atoms with Crippen LogP contribution in [0.4, 0.5) is 10.5 Å². The van der Waals surface area contributed by atoms with Crippen molar-refractivity contribution in [1.29, 1.82) is 0 Å². The minimum atomic E-state index is -0.303. The minimum Gasteiger partial charge on any atom is -0.497 e. The van der Waals surface area contributed by atoms with Crippen LogP contribution in [-0.4, -0.2) is 105 Å². The molecular weight excluding hydrogens is 484 g/mol. The van der Waals surface area contributed by atoms with Crippen LogP contribution in [0, 0.1) is 0 Å². The molecule has 2 fully saturated rings. The van der Waals surface area contributed by atoms with Crippen molar-refractivity contribution in [3.05, 3.63) is 59.1 Å². The highest BCUT2D eigenvalue weighted by molar-refractivity contribution is 6.30. The van der Waals surface area contributed by atoms with Crippen LogP contribution in [0.3, 0.4) is 0 Å². The van der Waals surface area contributed by atoms with E-state index in [-0.39, 0.29) is 18.0 Å². The number of benzene rings is 2. The first-order chi connectivity index (χ1) is 17.5. The molecule has 2 heterocycles. The maximum absolute atomic E-state index is 13.5. The van der Waals surface area contributed by atoms with Crippen LogP contribution in [0.5, 0.6) is 5.75 Å². The number of amides is 3. The Morgan fingerprint density at radius 2 is 1.92 bits per heavy atom. The quantitative estimate of drug-likeness (QED) is 0.580. The Bertz CT molecular complexity index is 1030. The number of methoxy groups -OCH3 is 1. The van der Waals surface area contributed by atoms with Gasteiger partial charge in [-0.25, -0.2) is 4.79 Å². The molecule has 1 atom stereocenters. The van der Waals surface area contributed by atoms with Crippen LogP contribution in [0.1, 0.15) is 10.4 Å². The molecule has 2 aromatic carbocycles. The summed E-state index contributed by atoms with van der Waals surface area (Å²) >= 11 is 6.04. The number of morpholine rings is 2. The van der Waals surface area contributed by atoms with E-state index in [1.54, 1.807) is 48.4 Å². The van der Waals surface area contributed by atoms with Gasteiger partial charge in [0.1, 0.15) is 5.75 Å². The zero-order chi connectivity index (χ0) is 25.3. The molecule has 194 valence electrons.